The quantitative estimate of drug-likeness (QED) is 0.588. The van der Waals surface area contributed by atoms with E-state index in [1.807, 2.05) is 0 Å². The van der Waals surface area contributed by atoms with E-state index in [2.05, 4.69) is 4.18 Å². The van der Waals surface area contributed by atoms with Gasteiger partial charge in [-0.15, -0.1) is 0 Å². The lowest BCUT2D eigenvalue weighted by Crippen LogP contribution is -2.23. The van der Waals surface area contributed by atoms with Crippen molar-refractivity contribution in [3.8, 4) is 0 Å². The van der Waals surface area contributed by atoms with Crippen LogP contribution in [-0.4, -0.2) is 27.1 Å². The van der Waals surface area contributed by atoms with Crippen LogP contribution in [-0.2, 0) is 19.0 Å². The van der Waals surface area contributed by atoms with E-state index in [4.69, 9.17) is 4.74 Å². The molecule has 0 aliphatic carbocycles. The summed E-state index contributed by atoms with van der Waals surface area (Å²) in [5.41, 5.74) is -0.868. The van der Waals surface area contributed by atoms with Gasteiger partial charge in [-0.2, -0.15) is 8.42 Å². The fourth-order valence-electron chi connectivity index (χ4n) is 0.578. The van der Waals surface area contributed by atoms with Gasteiger partial charge in [-0.05, 0) is 20.8 Å². The van der Waals surface area contributed by atoms with Gasteiger partial charge in [0, 0.05) is 6.61 Å². The zero-order valence-corrected chi connectivity index (χ0v) is 7.85. The molecule has 0 radical (unpaired) electrons. The second-order valence-corrected chi connectivity index (χ2v) is 3.81. The Morgan fingerprint density at radius 2 is 1.82 bits per heavy atom. The highest BCUT2D eigenvalue weighted by Gasteiger charge is 2.20. The third-order valence-electron chi connectivity index (χ3n) is 1.09. The molecule has 68 valence electrons. The van der Waals surface area contributed by atoms with Gasteiger partial charge in [-0.3, -0.25) is 4.18 Å². The molecule has 4 nitrogen and oxygen atoms in total. The predicted molar refractivity (Wildman–Crippen MR) is 41.6 cm³/mol. The fourth-order valence-corrected chi connectivity index (χ4v) is 1.40. The van der Waals surface area contributed by atoms with Crippen LogP contribution in [0.15, 0.2) is 0 Å². The van der Waals surface area contributed by atoms with Crippen LogP contribution >= 0.6 is 0 Å². The van der Waals surface area contributed by atoms with Gasteiger partial charge in [-0.25, -0.2) is 0 Å². The molecule has 0 spiro atoms. The summed E-state index contributed by atoms with van der Waals surface area (Å²) in [5, 5.41) is 0. The van der Waals surface area contributed by atoms with Crippen molar-refractivity contribution in [3.63, 3.8) is 0 Å². The van der Waals surface area contributed by atoms with E-state index in [-0.39, 0.29) is 6.61 Å². The van der Waals surface area contributed by atoms with Crippen LogP contribution in [0.1, 0.15) is 20.8 Å². The molecule has 0 aliphatic rings. The molecule has 0 amide bonds. The Labute approximate surface area is 67.6 Å². The molecule has 1 unspecified atom stereocenters. The SMILES string of the molecule is CCOC(C)S(=O)(=O)OCC. The number of hydrogen-bond acceptors (Lipinski definition) is 4. The van der Waals surface area contributed by atoms with Crippen LogP contribution in [0.25, 0.3) is 0 Å². The smallest absolute Gasteiger partial charge is 0.294 e. The van der Waals surface area contributed by atoms with Gasteiger partial charge in [0.25, 0.3) is 10.1 Å². The first-order chi connectivity index (χ1) is 5.04. The number of ether oxygens (including phenoxy) is 1. The van der Waals surface area contributed by atoms with Gasteiger partial charge in [0.2, 0.25) is 0 Å². The molecule has 0 aliphatic heterocycles. The maximum absolute atomic E-state index is 11.0. The van der Waals surface area contributed by atoms with Gasteiger partial charge < -0.3 is 4.74 Å². The van der Waals surface area contributed by atoms with Crippen LogP contribution in [0, 0.1) is 0 Å². The lowest BCUT2D eigenvalue weighted by Gasteiger charge is -2.10. The molecule has 1 atom stereocenters. The second-order valence-electron chi connectivity index (χ2n) is 1.92. The highest BCUT2D eigenvalue weighted by Crippen LogP contribution is 2.04. The largest absolute Gasteiger partial charge is 0.360 e. The first-order valence-corrected chi connectivity index (χ1v) is 5.01. The maximum atomic E-state index is 11.0. The van der Waals surface area contributed by atoms with Crippen molar-refractivity contribution < 1.29 is 17.3 Å². The molecule has 0 saturated carbocycles. The highest BCUT2D eigenvalue weighted by atomic mass is 32.2. The minimum Gasteiger partial charge on any atom is -0.360 e. The number of rotatable bonds is 5. The Kier molecular flexibility index (Phi) is 4.63. The van der Waals surface area contributed by atoms with Crippen molar-refractivity contribution in [2.24, 2.45) is 0 Å². The molecular formula is C6H14O4S. The van der Waals surface area contributed by atoms with E-state index in [9.17, 15) is 8.42 Å². The first-order valence-electron chi connectivity index (χ1n) is 3.54. The van der Waals surface area contributed by atoms with E-state index in [0.717, 1.165) is 0 Å². The molecule has 0 fully saturated rings. The molecule has 0 aromatic heterocycles. The predicted octanol–water partition coefficient (Wildman–Crippen LogP) is 0.735. The van der Waals surface area contributed by atoms with E-state index in [1.54, 1.807) is 13.8 Å². The average molecular weight is 182 g/mol. The van der Waals surface area contributed by atoms with Crippen LogP contribution in [0.5, 0.6) is 0 Å². The summed E-state index contributed by atoms with van der Waals surface area (Å²) in [6.07, 6.45) is 0. The van der Waals surface area contributed by atoms with Crippen molar-refractivity contribution in [1.29, 1.82) is 0 Å². The molecule has 5 heteroatoms. The summed E-state index contributed by atoms with van der Waals surface area (Å²) < 4.78 is 31.3. The Balaban J connectivity index is 4.07. The van der Waals surface area contributed by atoms with Gasteiger partial charge in [-0.1, -0.05) is 0 Å². The van der Waals surface area contributed by atoms with Crippen LogP contribution < -0.4 is 0 Å². The van der Waals surface area contributed by atoms with Gasteiger partial charge >= 0.3 is 0 Å². The molecule has 0 aromatic carbocycles. The minimum absolute atomic E-state index is 0.153. The van der Waals surface area contributed by atoms with Crippen molar-refractivity contribution in [2.45, 2.75) is 26.2 Å². The minimum atomic E-state index is -3.49. The zero-order valence-electron chi connectivity index (χ0n) is 7.03. The van der Waals surface area contributed by atoms with Crippen LogP contribution in [0.3, 0.4) is 0 Å². The van der Waals surface area contributed by atoms with Crippen molar-refractivity contribution >= 4 is 10.1 Å². The molecule has 0 saturated heterocycles. The van der Waals surface area contributed by atoms with Crippen molar-refractivity contribution in [2.75, 3.05) is 13.2 Å². The van der Waals surface area contributed by atoms with Gasteiger partial charge in [0.1, 0.15) is 0 Å². The Hall–Kier alpha value is -0.130. The summed E-state index contributed by atoms with van der Waals surface area (Å²) >= 11 is 0. The molecule has 0 bridgehead atoms. The Morgan fingerprint density at radius 1 is 1.27 bits per heavy atom. The van der Waals surface area contributed by atoms with Crippen molar-refractivity contribution in [1.82, 2.24) is 0 Å². The molecule has 0 heterocycles. The molecule has 11 heavy (non-hydrogen) atoms. The zero-order chi connectivity index (χ0) is 8.91. The standard InChI is InChI=1S/C6H14O4S/c1-4-9-6(3)11(7,8)10-5-2/h6H,4-5H2,1-3H3. The van der Waals surface area contributed by atoms with Crippen molar-refractivity contribution in [3.05, 3.63) is 0 Å². The molecule has 0 rings (SSSR count). The summed E-state index contributed by atoms with van der Waals surface area (Å²) in [7, 11) is -3.49. The third-order valence-corrected chi connectivity index (χ3v) is 2.60. The van der Waals surface area contributed by atoms with Gasteiger partial charge in [0.05, 0.1) is 6.61 Å². The van der Waals surface area contributed by atoms with E-state index in [0.29, 0.717) is 6.61 Å². The first kappa shape index (κ1) is 10.9. The van der Waals surface area contributed by atoms with Gasteiger partial charge in [0.15, 0.2) is 5.44 Å². The summed E-state index contributed by atoms with van der Waals surface area (Å²) in [5.74, 6) is 0. The third kappa shape index (κ3) is 3.69. The monoisotopic (exact) mass is 182 g/mol. The Bertz CT molecular complexity index is 185. The summed E-state index contributed by atoms with van der Waals surface area (Å²) in [6, 6.07) is 0. The molecular weight excluding hydrogens is 168 g/mol. The maximum Gasteiger partial charge on any atom is 0.294 e. The molecule has 0 N–H and O–H groups in total. The van der Waals surface area contributed by atoms with E-state index < -0.39 is 15.6 Å². The average Bonchev–Trinajstić information content (AvgIpc) is 1.88. The summed E-state index contributed by atoms with van der Waals surface area (Å²) in [4.78, 5) is 0. The van der Waals surface area contributed by atoms with E-state index in [1.165, 1.54) is 6.92 Å². The second kappa shape index (κ2) is 4.69. The van der Waals surface area contributed by atoms with Crippen LogP contribution in [0.4, 0.5) is 0 Å². The number of hydrogen-bond donors (Lipinski definition) is 0. The molecule has 0 aromatic rings. The normalized spacial score (nSPS) is 14.8. The fraction of sp³-hybridized carbons (Fsp3) is 1.00. The van der Waals surface area contributed by atoms with E-state index >= 15 is 0 Å². The topological polar surface area (TPSA) is 52.6 Å². The Morgan fingerprint density at radius 3 is 2.18 bits per heavy atom. The highest BCUT2D eigenvalue weighted by molar-refractivity contribution is 7.87. The lowest BCUT2D eigenvalue weighted by molar-refractivity contribution is 0.117. The lowest BCUT2D eigenvalue weighted by atomic mass is 10.8. The summed E-state index contributed by atoms with van der Waals surface area (Å²) in [6.45, 7) is 5.33. The van der Waals surface area contributed by atoms with Crippen LogP contribution in [0.2, 0.25) is 0 Å².